The van der Waals surface area contributed by atoms with E-state index in [1.807, 2.05) is 18.7 Å². The fraction of sp³-hybridized carbons (Fsp3) is 0.320. The number of hydrogen-bond acceptors (Lipinski definition) is 4. The number of aromatic nitrogens is 2. The van der Waals surface area contributed by atoms with Crippen LogP contribution in [-0.2, 0) is 6.42 Å². The van der Waals surface area contributed by atoms with Crippen LogP contribution in [0.2, 0.25) is 10.0 Å². The summed E-state index contributed by atoms with van der Waals surface area (Å²) in [5.74, 6) is 1.70. The van der Waals surface area contributed by atoms with Crippen LogP contribution in [0.3, 0.4) is 0 Å². The zero-order valence-corrected chi connectivity index (χ0v) is 20.0. The molecule has 1 amide bonds. The smallest absolute Gasteiger partial charge is 0.254 e. The van der Waals surface area contributed by atoms with Gasteiger partial charge in [-0.15, -0.1) is 0 Å². The molecule has 0 saturated carbocycles. The van der Waals surface area contributed by atoms with Crippen LogP contribution in [0.5, 0.6) is 0 Å². The van der Waals surface area contributed by atoms with Crippen LogP contribution in [-0.4, -0.2) is 47.0 Å². The van der Waals surface area contributed by atoms with Crippen molar-refractivity contribution in [1.29, 1.82) is 0 Å². The zero-order valence-electron chi connectivity index (χ0n) is 18.5. The molecule has 1 aliphatic heterocycles. The number of amides is 1. The Bertz CT molecular complexity index is 1140. The lowest BCUT2D eigenvalue weighted by Gasteiger charge is -2.36. The van der Waals surface area contributed by atoms with E-state index in [1.165, 1.54) is 11.1 Å². The van der Waals surface area contributed by atoms with Gasteiger partial charge in [0.2, 0.25) is 0 Å². The first-order valence-corrected chi connectivity index (χ1v) is 11.5. The van der Waals surface area contributed by atoms with E-state index in [0.29, 0.717) is 41.8 Å². The van der Waals surface area contributed by atoms with Gasteiger partial charge in [-0.05, 0) is 44.5 Å². The van der Waals surface area contributed by atoms with Gasteiger partial charge in [0.1, 0.15) is 11.6 Å². The third-order valence-corrected chi connectivity index (χ3v) is 6.58. The quantitative estimate of drug-likeness (QED) is 0.523. The number of carbonyl (C=O) groups excluding carboxylic acids is 1. The second-order valence-corrected chi connectivity index (χ2v) is 9.04. The summed E-state index contributed by atoms with van der Waals surface area (Å²) in [6.07, 6.45) is 0.782. The van der Waals surface area contributed by atoms with Crippen molar-refractivity contribution in [3.63, 3.8) is 0 Å². The maximum absolute atomic E-state index is 12.9. The van der Waals surface area contributed by atoms with E-state index in [4.69, 9.17) is 28.2 Å². The standard InChI is InChI=1S/C25H26Cl2N4O/c1-16-4-6-19(7-5-16)14-21-17(2)28-18(3)29-24(21)30-10-12-31(13-11-30)25(32)20-8-9-22(26)23(27)15-20/h4-9,15H,10-14H2,1-3H3. The Balaban J connectivity index is 1.52. The second kappa shape index (κ2) is 9.47. The van der Waals surface area contributed by atoms with E-state index < -0.39 is 0 Å². The molecule has 0 atom stereocenters. The van der Waals surface area contributed by atoms with Gasteiger partial charge < -0.3 is 9.80 Å². The highest BCUT2D eigenvalue weighted by atomic mass is 35.5. The van der Waals surface area contributed by atoms with Crippen LogP contribution in [0.1, 0.15) is 38.6 Å². The maximum atomic E-state index is 12.9. The number of halogens is 2. The number of hydrogen-bond donors (Lipinski definition) is 0. The van der Waals surface area contributed by atoms with Crippen LogP contribution < -0.4 is 4.90 Å². The number of rotatable bonds is 4. The third-order valence-electron chi connectivity index (χ3n) is 5.84. The molecule has 0 spiro atoms. The zero-order chi connectivity index (χ0) is 22.8. The lowest BCUT2D eigenvalue weighted by atomic mass is 10.0. The molecule has 7 heteroatoms. The summed E-state index contributed by atoms with van der Waals surface area (Å²) in [6, 6.07) is 13.6. The van der Waals surface area contributed by atoms with E-state index in [-0.39, 0.29) is 5.91 Å². The molecule has 0 radical (unpaired) electrons. The molecule has 1 aromatic heterocycles. The first kappa shape index (κ1) is 22.6. The highest BCUT2D eigenvalue weighted by molar-refractivity contribution is 6.42. The normalized spacial score (nSPS) is 14.0. The molecule has 0 unspecified atom stereocenters. The first-order chi connectivity index (χ1) is 15.3. The van der Waals surface area contributed by atoms with Gasteiger partial charge in [0, 0.05) is 49.4 Å². The predicted octanol–water partition coefficient (Wildman–Crippen LogP) is 5.26. The van der Waals surface area contributed by atoms with Gasteiger partial charge in [-0.1, -0.05) is 53.0 Å². The van der Waals surface area contributed by atoms with Crippen molar-refractivity contribution in [2.75, 3.05) is 31.1 Å². The van der Waals surface area contributed by atoms with Crippen molar-refractivity contribution in [2.24, 2.45) is 0 Å². The molecule has 0 bridgehead atoms. The van der Waals surface area contributed by atoms with Crippen molar-refractivity contribution < 1.29 is 4.79 Å². The van der Waals surface area contributed by atoms with Crippen molar-refractivity contribution in [1.82, 2.24) is 14.9 Å². The predicted molar refractivity (Wildman–Crippen MR) is 130 cm³/mol. The summed E-state index contributed by atoms with van der Waals surface area (Å²) >= 11 is 12.1. The van der Waals surface area contributed by atoms with Crippen LogP contribution in [0.4, 0.5) is 5.82 Å². The van der Waals surface area contributed by atoms with E-state index >= 15 is 0 Å². The van der Waals surface area contributed by atoms with E-state index in [9.17, 15) is 4.79 Å². The topological polar surface area (TPSA) is 49.3 Å². The monoisotopic (exact) mass is 468 g/mol. The molecule has 1 fully saturated rings. The minimum absolute atomic E-state index is 0.0295. The average Bonchev–Trinajstić information content (AvgIpc) is 2.78. The van der Waals surface area contributed by atoms with Crippen molar-refractivity contribution in [3.05, 3.63) is 86.3 Å². The number of anilines is 1. The highest BCUT2D eigenvalue weighted by Crippen LogP contribution is 2.27. The number of piperazine rings is 1. The minimum atomic E-state index is -0.0295. The molecule has 1 saturated heterocycles. The number of aryl methyl sites for hydroxylation is 3. The lowest BCUT2D eigenvalue weighted by Crippen LogP contribution is -2.49. The Kier molecular flexibility index (Phi) is 6.68. The van der Waals surface area contributed by atoms with Gasteiger partial charge in [0.25, 0.3) is 5.91 Å². The molecule has 1 aliphatic rings. The Morgan fingerprint density at radius 2 is 1.59 bits per heavy atom. The highest BCUT2D eigenvalue weighted by Gasteiger charge is 2.25. The Morgan fingerprint density at radius 1 is 0.906 bits per heavy atom. The summed E-state index contributed by atoms with van der Waals surface area (Å²) in [7, 11) is 0. The van der Waals surface area contributed by atoms with Crippen molar-refractivity contribution in [3.8, 4) is 0 Å². The lowest BCUT2D eigenvalue weighted by molar-refractivity contribution is 0.0746. The molecule has 2 aromatic carbocycles. The Hall–Kier alpha value is -2.63. The average molecular weight is 469 g/mol. The first-order valence-electron chi connectivity index (χ1n) is 10.7. The van der Waals surface area contributed by atoms with Crippen LogP contribution in [0.15, 0.2) is 42.5 Å². The van der Waals surface area contributed by atoms with Crippen LogP contribution >= 0.6 is 23.2 Å². The SMILES string of the molecule is Cc1ccc(Cc2c(C)nc(C)nc2N2CCN(C(=O)c3ccc(Cl)c(Cl)c3)CC2)cc1. The molecular weight excluding hydrogens is 443 g/mol. The third kappa shape index (κ3) is 4.89. The summed E-state index contributed by atoms with van der Waals surface area (Å²) in [6.45, 7) is 8.72. The number of benzene rings is 2. The largest absolute Gasteiger partial charge is 0.353 e. The summed E-state index contributed by atoms with van der Waals surface area (Å²) in [5, 5.41) is 0.840. The summed E-state index contributed by atoms with van der Waals surface area (Å²) < 4.78 is 0. The molecule has 0 N–H and O–H groups in total. The van der Waals surface area contributed by atoms with Gasteiger partial charge in [-0.2, -0.15) is 0 Å². The molecule has 4 rings (SSSR count). The molecule has 32 heavy (non-hydrogen) atoms. The molecule has 3 aromatic rings. The second-order valence-electron chi connectivity index (χ2n) is 8.23. The molecule has 166 valence electrons. The Morgan fingerprint density at radius 3 is 2.25 bits per heavy atom. The van der Waals surface area contributed by atoms with Gasteiger partial charge in [-0.25, -0.2) is 9.97 Å². The fourth-order valence-corrected chi connectivity index (χ4v) is 4.33. The van der Waals surface area contributed by atoms with E-state index in [0.717, 1.165) is 29.3 Å². The summed E-state index contributed by atoms with van der Waals surface area (Å²) in [5.41, 5.74) is 5.18. The Labute approximate surface area is 199 Å². The molecular formula is C25H26Cl2N4O. The summed E-state index contributed by atoms with van der Waals surface area (Å²) in [4.78, 5) is 26.5. The van der Waals surface area contributed by atoms with Crippen molar-refractivity contribution >= 4 is 34.9 Å². The fourth-order valence-electron chi connectivity index (χ4n) is 4.03. The number of nitrogens with zero attached hydrogens (tertiary/aromatic N) is 4. The van der Waals surface area contributed by atoms with Crippen molar-refractivity contribution in [2.45, 2.75) is 27.2 Å². The van der Waals surface area contributed by atoms with Gasteiger partial charge in [0.05, 0.1) is 10.0 Å². The van der Waals surface area contributed by atoms with E-state index in [2.05, 4.69) is 41.1 Å². The number of carbonyl (C=O) groups is 1. The molecule has 0 aliphatic carbocycles. The minimum Gasteiger partial charge on any atom is -0.353 e. The maximum Gasteiger partial charge on any atom is 0.254 e. The van der Waals surface area contributed by atoms with Crippen LogP contribution in [0, 0.1) is 20.8 Å². The molecule has 5 nitrogen and oxygen atoms in total. The van der Waals surface area contributed by atoms with Crippen LogP contribution in [0.25, 0.3) is 0 Å². The van der Waals surface area contributed by atoms with E-state index in [1.54, 1.807) is 18.2 Å². The molecule has 2 heterocycles. The van der Waals surface area contributed by atoms with Gasteiger partial charge >= 0.3 is 0 Å². The van der Waals surface area contributed by atoms with Gasteiger partial charge in [-0.3, -0.25) is 4.79 Å². The van der Waals surface area contributed by atoms with Gasteiger partial charge in [0.15, 0.2) is 0 Å².